The maximum Gasteiger partial charge on any atom is 0.319 e. The van der Waals surface area contributed by atoms with Crippen molar-refractivity contribution in [1.82, 2.24) is 9.80 Å². The fourth-order valence-corrected chi connectivity index (χ4v) is 2.01. The molecule has 0 aliphatic carbocycles. The van der Waals surface area contributed by atoms with Gasteiger partial charge in [0.25, 0.3) is 0 Å². The zero-order valence-corrected chi connectivity index (χ0v) is 10.0. The Morgan fingerprint density at radius 1 is 1.38 bits per heavy atom. The van der Waals surface area contributed by atoms with Crippen molar-refractivity contribution in [2.75, 3.05) is 33.2 Å². The number of urea groups is 1. The molecule has 2 amide bonds. The van der Waals surface area contributed by atoms with E-state index in [4.69, 9.17) is 0 Å². The molecule has 0 fully saturated rings. The van der Waals surface area contributed by atoms with E-state index in [-0.39, 0.29) is 6.03 Å². The van der Waals surface area contributed by atoms with E-state index in [9.17, 15) is 4.79 Å². The fourth-order valence-electron chi connectivity index (χ4n) is 1.17. The molecule has 1 atom stereocenters. The summed E-state index contributed by atoms with van der Waals surface area (Å²) in [7, 11) is 5.43. The topological polar surface area (TPSA) is 23.6 Å². The molecule has 78 valence electrons. The molecule has 0 N–H and O–H groups in total. The van der Waals surface area contributed by atoms with Gasteiger partial charge in [-0.1, -0.05) is 6.92 Å². The summed E-state index contributed by atoms with van der Waals surface area (Å²) < 4.78 is 0. The van der Waals surface area contributed by atoms with Crippen molar-refractivity contribution in [3.05, 3.63) is 0 Å². The normalized spacial score (nSPS) is 12.4. The lowest BCUT2D eigenvalue weighted by atomic mass is 10.2. The van der Waals surface area contributed by atoms with Crippen molar-refractivity contribution in [1.29, 1.82) is 0 Å². The number of nitrogens with zero attached hydrogens (tertiary/aromatic N) is 2. The minimum atomic E-state index is 0.0842. The van der Waals surface area contributed by atoms with Crippen LogP contribution in [0.2, 0.25) is 0 Å². The molecule has 0 heterocycles. The van der Waals surface area contributed by atoms with Crippen molar-refractivity contribution >= 4 is 17.8 Å². The number of amides is 2. The van der Waals surface area contributed by atoms with E-state index in [1.165, 1.54) is 0 Å². The summed E-state index contributed by atoms with van der Waals surface area (Å²) in [4.78, 5) is 15.0. The summed E-state index contributed by atoms with van der Waals surface area (Å²) in [5, 5.41) is 0. The lowest BCUT2D eigenvalue weighted by molar-refractivity contribution is 0.167. The van der Waals surface area contributed by atoms with Crippen molar-refractivity contribution in [2.24, 2.45) is 0 Å². The van der Waals surface area contributed by atoms with Crippen LogP contribution in [-0.2, 0) is 0 Å². The minimum absolute atomic E-state index is 0.0842. The van der Waals surface area contributed by atoms with Crippen molar-refractivity contribution in [3.8, 4) is 0 Å². The van der Waals surface area contributed by atoms with Gasteiger partial charge in [-0.2, -0.15) is 11.8 Å². The number of hydrogen-bond donors (Lipinski definition) is 0. The molecule has 4 heteroatoms. The molecule has 0 spiro atoms. The Balaban J connectivity index is 4.18. The molecule has 1 unspecified atom stereocenters. The van der Waals surface area contributed by atoms with Gasteiger partial charge in [0.1, 0.15) is 0 Å². The molecule has 0 saturated carbocycles. The molecule has 0 rings (SSSR count). The molecule has 0 radical (unpaired) electrons. The molecular weight excluding hydrogens is 184 g/mol. The van der Waals surface area contributed by atoms with Gasteiger partial charge in [-0.25, -0.2) is 4.79 Å². The second-order valence-electron chi connectivity index (χ2n) is 3.31. The van der Waals surface area contributed by atoms with E-state index >= 15 is 0 Å². The summed E-state index contributed by atoms with van der Waals surface area (Å²) in [5.74, 6) is 1.01. The highest BCUT2D eigenvalue weighted by molar-refractivity contribution is 7.98. The van der Waals surface area contributed by atoms with Crippen molar-refractivity contribution in [3.63, 3.8) is 0 Å². The van der Waals surface area contributed by atoms with Gasteiger partial charge in [0.15, 0.2) is 0 Å². The SMILES string of the molecule is CCC(CSC)N(C)C(=O)N(C)C. The van der Waals surface area contributed by atoms with E-state index in [0.29, 0.717) is 6.04 Å². The Bertz CT molecular complexity index is 162. The van der Waals surface area contributed by atoms with Crippen LogP contribution in [0.1, 0.15) is 13.3 Å². The number of carbonyl (C=O) groups is 1. The molecule has 13 heavy (non-hydrogen) atoms. The summed E-state index contributed by atoms with van der Waals surface area (Å²) in [5.41, 5.74) is 0. The third-order valence-electron chi connectivity index (χ3n) is 2.06. The molecule has 0 aromatic carbocycles. The molecule has 0 aromatic heterocycles. The highest BCUT2D eigenvalue weighted by atomic mass is 32.2. The van der Waals surface area contributed by atoms with Gasteiger partial charge in [0.05, 0.1) is 0 Å². The van der Waals surface area contributed by atoms with Gasteiger partial charge in [0.2, 0.25) is 0 Å². The molecule has 0 saturated heterocycles. The number of hydrogen-bond acceptors (Lipinski definition) is 2. The predicted octanol–water partition coefficient (Wildman–Crippen LogP) is 1.74. The number of rotatable bonds is 4. The van der Waals surface area contributed by atoms with Crippen LogP contribution in [0.4, 0.5) is 4.79 Å². The Hall–Kier alpha value is -0.380. The first kappa shape index (κ1) is 12.6. The van der Waals surface area contributed by atoms with Crippen LogP contribution in [-0.4, -0.2) is 55.0 Å². The maximum absolute atomic E-state index is 11.6. The first-order valence-electron chi connectivity index (χ1n) is 4.47. The molecule has 0 aliphatic heterocycles. The Morgan fingerprint density at radius 3 is 2.23 bits per heavy atom. The fraction of sp³-hybridized carbons (Fsp3) is 0.889. The summed E-state index contributed by atoms with van der Waals surface area (Å²) >= 11 is 1.78. The Kier molecular flexibility index (Phi) is 5.95. The van der Waals surface area contributed by atoms with E-state index in [2.05, 4.69) is 13.2 Å². The third kappa shape index (κ3) is 3.89. The standard InChI is InChI=1S/C9H20N2OS/c1-6-8(7-13-5)11(4)9(12)10(2)3/h8H,6-7H2,1-5H3. The van der Waals surface area contributed by atoms with Gasteiger partial charge in [0, 0.05) is 32.9 Å². The van der Waals surface area contributed by atoms with E-state index in [1.54, 1.807) is 30.8 Å². The van der Waals surface area contributed by atoms with Crippen LogP contribution in [0.25, 0.3) is 0 Å². The van der Waals surface area contributed by atoms with Crippen molar-refractivity contribution in [2.45, 2.75) is 19.4 Å². The zero-order chi connectivity index (χ0) is 10.4. The largest absolute Gasteiger partial charge is 0.331 e. The first-order chi connectivity index (χ1) is 6.04. The van der Waals surface area contributed by atoms with E-state index in [1.807, 2.05) is 11.9 Å². The lowest BCUT2D eigenvalue weighted by Gasteiger charge is -2.29. The first-order valence-corrected chi connectivity index (χ1v) is 5.87. The van der Waals surface area contributed by atoms with Crippen LogP contribution in [0.5, 0.6) is 0 Å². The second kappa shape index (κ2) is 6.13. The van der Waals surface area contributed by atoms with Gasteiger partial charge >= 0.3 is 6.03 Å². The van der Waals surface area contributed by atoms with Crippen molar-refractivity contribution < 1.29 is 4.79 Å². The highest BCUT2D eigenvalue weighted by Crippen LogP contribution is 2.09. The van der Waals surface area contributed by atoms with Crippen LogP contribution < -0.4 is 0 Å². The van der Waals surface area contributed by atoms with Gasteiger partial charge in [-0.05, 0) is 12.7 Å². The summed E-state index contributed by atoms with van der Waals surface area (Å²) in [6, 6.07) is 0.436. The quantitative estimate of drug-likeness (QED) is 0.696. The molecule has 0 bridgehead atoms. The second-order valence-corrected chi connectivity index (χ2v) is 4.22. The average Bonchev–Trinajstić information content (AvgIpc) is 2.11. The molecule has 3 nitrogen and oxygen atoms in total. The minimum Gasteiger partial charge on any atom is -0.331 e. The molecule has 0 aliphatic rings. The van der Waals surface area contributed by atoms with Gasteiger partial charge in [-0.3, -0.25) is 0 Å². The maximum atomic E-state index is 11.6. The Labute approximate surface area is 85.5 Å². The van der Waals surface area contributed by atoms with Crippen LogP contribution in [0.15, 0.2) is 0 Å². The molecule has 0 aromatic rings. The third-order valence-corrected chi connectivity index (χ3v) is 2.78. The van der Waals surface area contributed by atoms with Gasteiger partial charge in [-0.15, -0.1) is 0 Å². The van der Waals surface area contributed by atoms with E-state index in [0.717, 1.165) is 12.2 Å². The highest BCUT2D eigenvalue weighted by Gasteiger charge is 2.18. The zero-order valence-electron chi connectivity index (χ0n) is 9.20. The number of carbonyl (C=O) groups excluding carboxylic acids is 1. The van der Waals surface area contributed by atoms with Gasteiger partial charge < -0.3 is 9.80 Å². The lowest BCUT2D eigenvalue weighted by Crippen LogP contribution is -2.43. The summed E-state index contributed by atoms with van der Waals surface area (Å²) in [6.07, 6.45) is 3.08. The smallest absolute Gasteiger partial charge is 0.319 e. The molecular formula is C9H20N2OS. The van der Waals surface area contributed by atoms with Crippen LogP contribution in [0, 0.1) is 0 Å². The number of thioether (sulfide) groups is 1. The Morgan fingerprint density at radius 2 is 1.92 bits per heavy atom. The van der Waals surface area contributed by atoms with E-state index < -0.39 is 0 Å². The summed E-state index contributed by atoms with van der Waals surface area (Å²) in [6.45, 7) is 2.11. The average molecular weight is 204 g/mol. The monoisotopic (exact) mass is 204 g/mol. The predicted molar refractivity (Wildman–Crippen MR) is 59.3 cm³/mol. The van der Waals surface area contributed by atoms with Crippen LogP contribution in [0.3, 0.4) is 0 Å². The van der Waals surface area contributed by atoms with Crippen LogP contribution >= 0.6 is 11.8 Å².